The van der Waals surface area contributed by atoms with Crippen molar-refractivity contribution in [2.75, 3.05) is 7.11 Å². The molecule has 1 amide bonds. The Balaban J connectivity index is 2.83. The number of hydrogen-bond donors (Lipinski definition) is 2. The second kappa shape index (κ2) is 6.61. The van der Waals surface area contributed by atoms with E-state index in [1.807, 2.05) is 20.8 Å². The topological polar surface area (TPSA) is 67.8 Å². The third-order valence-corrected chi connectivity index (χ3v) is 2.58. The van der Waals surface area contributed by atoms with Gasteiger partial charge in [0.25, 0.3) is 5.91 Å². The first kappa shape index (κ1) is 16.3. The van der Waals surface area contributed by atoms with Gasteiger partial charge in [-0.1, -0.05) is 6.07 Å². The van der Waals surface area contributed by atoms with Crippen molar-refractivity contribution in [2.45, 2.75) is 45.9 Å². The molecule has 0 aliphatic carbocycles. The fraction of sp³-hybridized carbons (Fsp3) is 0.533. The zero-order chi connectivity index (χ0) is 15.3. The molecule has 0 saturated carbocycles. The number of aliphatic hydroxyl groups excluding tert-OH is 1. The number of hydrogen-bond acceptors (Lipinski definition) is 4. The van der Waals surface area contributed by atoms with E-state index in [4.69, 9.17) is 14.6 Å². The summed E-state index contributed by atoms with van der Waals surface area (Å²) in [6.07, 6.45) is -0.655. The Bertz CT molecular complexity index is 465. The second-order valence-corrected chi connectivity index (χ2v) is 5.64. The monoisotopic (exact) mass is 281 g/mol. The molecule has 1 aromatic rings. The number of nitrogens with one attached hydrogen (secondary N) is 1. The SMILES string of the molecule is COc1ccc(CO)cc1OC(C)C(=O)NC(C)(C)C. The minimum atomic E-state index is -0.655. The van der Waals surface area contributed by atoms with Crippen LogP contribution in [-0.4, -0.2) is 29.8 Å². The summed E-state index contributed by atoms with van der Waals surface area (Å²) in [4.78, 5) is 12.0. The van der Waals surface area contributed by atoms with Crippen molar-refractivity contribution in [1.29, 1.82) is 0 Å². The molecule has 0 fully saturated rings. The minimum absolute atomic E-state index is 0.0943. The lowest BCUT2D eigenvalue weighted by Crippen LogP contribution is -2.46. The molecule has 0 saturated heterocycles. The summed E-state index contributed by atoms with van der Waals surface area (Å²) in [5.41, 5.74) is 0.385. The Hall–Kier alpha value is -1.75. The summed E-state index contributed by atoms with van der Waals surface area (Å²) >= 11 is 0. The van der Waals surface area contributed by atoms with E-state index in [9.17, 15) is 4.79 Å². The second-order valence-electron chi connectivity index (χ2n) is 5.64. The Morgan fingerprint density at radius 1 is 1.35 bits per heavy atom. The fourth-order valence-electron chi connectivity index (χ4n) is 1.63. The predicted octanol–water partition coefficient (Wildman–Crippen LogP) is 1.87. The van der Waals surface area contributed by atoms with Crippen LogP contribution in [0.3, 0.4) is 0 Å². The number of ether oxygens (including phenoxy) is 2. The van der Waals surface area contributed by atoms with Crippen LogP contribution >= 0.6 is 0 Å². The van der Waals surface area contributed by atoms with E-state index >= 15 is 0 Å². The summed E-state index contributed by atoms with van der Waals surface area (Å²) in [6.45, 7) is 7.30. The summed E-state index contributed by atoms with van der Waals surface area (Å²) in [5, 5.41) is 12.0. The van der Waals surface area contributed by atoms with Crippen LogP contribution < -0.4 is 14.8 Å². The number of benzene rings is 1. The van der Waals surface area contributed by atoms with Crippen LogP contribution in [0.25, 0.3) is 0 Å². The van der Waals surface area contributed by atoms with Crippen LogP contribution in [0.2, 0.25) is 0 Å². The number of carbonyl (C=O) groups is 1. The van der Waals surface area contributed by atoms with Crippen molar-refractivity contribution >= 4 is 5.91 Å². The molecule has 5 nitrogen and oxygen atoms in total. The van der Waals surface area contributed by atoms with Gasteiger partial charge < -0.3 is 19.9 Å². The molecule has 112 valence electrons. The first-order valence-electron chi connectivity index (χ1n) is 6.53. The first-order valence-corrected chi connectivity index (χ1v) is 6.53. The summed E-state index contributed by atoms with van der Waals surface area (Å²) in [7, 11) is 1.53. The van der Waals surface area contributed by atoms with Crippen molar-refractivity contribution in [2.24, 2.45) is 0 Å². The van der Waals surface area contributed by atoms with E-state index in [1.165, 1.54) is 7.11 Å². The van der Waals surface area contributed by atoms with Crippen LogP contribution in [0.15, 0.2) is 18.2 Å². The van der Waals surface area contributed by atoms with Gasteiger partial charge >= 0.3 is 0 Å². The maximum absolute atomic E-state index is 12.0. The smallest absolute Gasteiger partial charge is 0.261 e. The highest BCUT2D eigenvalue weighted by atomic mass is 16.5. The summed E-state index contributed by atoms with van der Waals surface area (Å²) in [6, 6.07) is 5.11. The Kier molecular flexibility index (Phi) is 5.39. The molecule has 0 heterocycles. The largest absolute Gasteiger partial charge is 0.493 e. The fourth-order valence-corrected chi connectivity index (χ4v) is 1.63. The summed E-state index contributed by atoms with van der Waals surface area (Å²) < 4.78 is 10.8. The van der Waals surface area contributed by atoms with E-state index in [2.05, 4.69) is 5.32 Å². The summed E-state index contributed by atoms with van der Waals surface area (Å²) in [5.74, 6) is 0.766. The molecule has 1 atom stereocenters. The maximum atomic E-state index is 12.0. The van der Waals surface area contributed by atoms with Crippen molar-refractivity contribution in [3.05, 3.63) is 23.8 Å². The average Bonchev–Trinajstić information content (AvgIpc) is 2.36. The maximum Gasteiger partial charge on any atom is 0.261 e. The lowest BCUT2D eigenvalue weighted by Gasteiger charge is -2.24. The van der Waals surface area contributed by atoms with Crippen LogP contribution in [0.1, 0.15) is 33.3 Å². The molecule has 1 unspecified atom stereocenters. The molecule has 0 aliphatic rings. The van der Waals surface area contributed by atoms with Crippen LogP contribution in [0.4, 0.5) is 0 Å². The Morgan fingerprint density at radius 3 is 2.50 bits per heavy atom. The molecule has 0 bridgehead atoms. The minimum Gasteiger partial charge on any atom is -0.493 e. The number of amides is 1. The van der Waals surface area contributed by atoms with E-state index in [1.54, 1.807) is 25.1 Å². The molecule has 1 aromatic carbocycles. The normalized spacial score (nSPS) is 12.7. The molecule has 0 spiro atoms. The molecule has 0 aliphatic heterocycles. The van der Waals surface area contributed by atoms with E-state index < -0.39 is 6.10 Å². The number of methoxy groups -OCH3 is 1. The van der Waals surface area contributed by atoms with Gasteiger partial charge in [0, 0.05) is 5.54 Å². The highest BCUT2D eigenvalue weighted by Crippen LogP contribution is 2.29. The molecular weight excluding hydrogens is 258 g/mol. The number of aliphatic hydroxyl groups is 1. The third-order valence-electron chi connectivity index (χ3n) is 2.58. The van der Waals surface area contributed by atoms with Crippen molar-refractivity contribution in [1.82, 2.24) is 5.32 Å². The number of rotatable bonds is 5. The van der Waals surface area contributed by atoms with Gasteiger partial charge in [-0.2, -0.15) is 0 Å². The molecule has 20 heavy (non-hydrogen) atoms. The predicted molar refractivity (Wildman–Crippen MR) is 76.9 cm³/mol. The Morgan fingerprint density at radius 2 is 2.00 bits per heavy atom. The zero-order valence-corrected chi connectivity index (χ0v) is 12.7. The average molecular weight is 281 g/mol. The molecule has 2 N–H and O–H groups in total. The van der Waals surface area contributed by atoms with Crippen LogP contribution in [0, 0.1) is 0 Å². The standard InChI is InChI=1S/C15H23NO4/c1-10(14(18)16-15(2,3)4)20-13-8-11(9-17)6-7-12(13)19-5/h6-8,10,17H,9H2,1-5H3,(H,16,18). The third kappa shape index (κ3) is 4.74. The molecule has 0 radical (unpaired) electrons. The van der Waals surface area contributed by atoms with Crippen molar-refractivity contribution < 1.29 is 19.4 Å². The van der Waals surface area contributed by atoms with Gasteiger partial charge in [-0.3, -0.25) is 4.79 Å². The zero-order valence-electron chi connectivity index (χ0n) is 12.7. The van der Waals surface area contributed by atoms with Gasteiger partial charge in [0.05, 0.1) is 13.7 Å². The lowest BCUT2D eigenvalue weighted by atomic mass is 10.1. The van der Waals surface area contributed by atoms with Gasteiger partial charge in [0.2, 0.25) is 0 Å². The highest BCUT2D eigenvalue weighted by molar-refractivity contribution is 5.81. The van der Waals surface area contributed by atoms with E-state index in [0.29, 0.717) is 17.1 Å². The van der Waals surface area contributed by atoms with Crippen molar-refractivity contribution in [3.63, 3.8) is 0 Å². The van der Waals surface area contributed by atoms with Gasteiger partial charge in [-0.25, -0.2) is 0 Å². The Labute approximate surface area is 119 Å². The highest BCUT2D eigenvalue weighted by Gasteiger charge is 2.21. The van der Waals surface area contributed by atoms with E-state index in [-0.39, 0.29) is 18.1 Å². The molecule has 0 aromatic heterocycles. The van der Waals surface area contributed by atoms with Gasteiger partial charge in [0.15, 0.2) is 17.6 Å². The van der Waals surface area contributed by atoms with Crippen LogP contribution in [0.5, 0.6) is 11.5 Å². The molecular formula is C15H23NO4. The first-order chi connectivity index (χ1) is 9.26. The molecule has 5 heteroatoms. The van der Waals surface area contributed by atoms with Gasteiger partial charge in [0.1, 0.15) is 0 Å². The van der Waals surface area contributed by atoms with E-state index in [0.717, 1.165) is 0 Å². The van der Waals surface area contributed by atoms with Crippen LogP contribution in [-0.2, 0) is 11.4 Å². The lowest BCUT2D eigenvalue weighted by molar-refractivity contribution is -0.128. The quantitative estimate of drug-likeness (QED) is 0.864. The van der Waals surface area contributed by atoms with Crippen molar-refractivity contribution in [3.8, 4) is 11.5 Å². The van der Waals surface area contributed by atoms with Gasteiger partial charge in [-0.05, 0) is 45.4 Å². The molecule has 1 rings (SSSR count). The number of carbonyl (C=O) groups excluding carboxylic acids is 1. The van der Waals surface area contributed by atoms with Gasteiger partial charge in [-0.15, -0.1) is 0 Å².